The molecule has 2 N–H and O–H groups in total. The van der Waals surface area contributed by atoms with E-state index in [0.717, 1.165) is 22.6 Å². The number of thioether (sulfide) groups is 2. The molecule has 1 atom stereocenters. The Labute approximate surface area is 221 Å². The van der Waals surface area contributed by atoms with Crippen molar-refractivity contribution in [1.82, 2.24) is 20.1 Å². The van der Waals surface area contributed by atoms with Crippen molar-refractivity contribution in [2.24, 2.45) is 0 Å². The summed E-state index contributed by atoms with van der Waals surface area (Å²) >= 11 is 3.04. The van der Waals surface area contributed by atoms with Gasteiger partial charge in [-0.3, -0.25) is 9.59 Å². The average molecular weight is 528 g/mol. The van der Waals surface area contributed by atoms with Crippen LogP contribution in [0.3, 0.4) is 0 Å². The lowest BCUT2D eigenvalue weighted by Crippen LogP contribution is -2.31. The first kappa shape index (κ1) is 27.6. The fraction of sp³-hybridized carbons (Fsp3) is 0.385. The van der Waals surface area contributed by atoms with E-state index in [1.54, 1.807) is 43.1 Å². The lowest BCUT2D eigenvalue weighted by Gasteiger charge is -2.19. The van der Waals surface area contributed by atoms with Crippen molar-refractivity contribution in [3.8, 4) is 5.75 Å². The Balaban J connectivity index is 1.72. The highest BCUT2D eigenvalue weighted by Gasteiger charge is 2.23. The highest BCUT2D eigenvalue weighted by atomic mass is 32.2. The third kappa shape index (κ3) is 7.04. The van der Waals surface area contributed by atoms with Crippen LogP contribution in [0.5, 0.6) is 5.75 Å². The first-order chi connectivity index (χ1) is 17.4. The molecule has 10 heteroatoms. The minimum atomic E-state index is -0.308. The summed E-state index contributed by atoms with van der Waals surface area (Å²) in [5.74, 6) is 2.15. The largest absolute Gasteiger partial charge is 0.497 e. The molecule has 0 saturated carbocycles. The van der Waals surface area contributed by atoms with Crippen LogP contribution in [0, 0.1) is 13.8 Å². The molecule has 3 rings (SSSR count). The van der Waals surface area contributed by atoms with E-state index in [1.165, 1.54) is 11.8 Å². The minimum Gasteiger partial charge on any atom is -0.497 e. The summed E-state index contributed by atoms with van der Waals surface area (Å²) in [4.78, 5) is 25.6. The van der Waals surface area contributed by atoms with Crippen LogP contribution in [-0.2, 0) is 11.3 Å². The molecule has 0 unspecified atom stereocenters. The number of carbonyl (C=O) groups is 2. The van der Waals surface area contributed by atoms with Crippen molar-refractivity contribution in [3.05, 3.63) is 65.0 Å². The number of nitrogens with one attached hydrogen (secondary N) is 2. The van der Waals surface area contributed by atoms with E-state index < -0.39 is 0 Å². The van der Waals surface area contributed by atoms with Crippen molar-refractivity contribution < 1.29 is 14.3 Å². The number of carbonyl (C=O) groups excluding carboxylic acids is 2. The van der Waals surface area contributed by atoms with Crippen LogP contribution in [-0.4, -0.2) is 51.5 Å². The normalized spacial score (nSPS) is 11.7. The number of methoxy groups -OCH3 is 1. The molecule has 1 aromatic heterocycles. The summed E-state index contributed by atoms with van der Waals surface area (Å²) in [6, 6.07) is 12.5. The summed E-state index contributed by atoms with van der Waals surface area (Å²) in [7, 11) is 1.59. The Bertz CT molecular complexity index is 1180. The molecule has 3 aromatic rings. The molecule has 36 heavy (non-hydrogen) atoms. The SMILES string of the molecule is CCn1c(SCC(=O)Nc2cccc(C)c2C)nnc1[C@H](CCSC)NC(=O)c1ccc(OC)cc1. The van der Waals surface area contributed by atoms with Crippen molar-refractivity contribution in [3.63, 3.8) is 0 Å². The Morgan fingerprint density at radius 1 is 1.11 bits per heavy atom. The maximum Gasteiger partial charge on any atom is 0.251 e. The molecule has 0 aliphatic rings. The van der Waals surface area contributed by atoms with Crippen molar-refractivity contribution in [1.29, 1.82) is 0 Å². The maximum absolute atomic E-state index is 13.0. The monoisotopic (exact) mass is 527 g/mol. The van der Waals surface area contributed by atoms with Gasteiger partial charge in [0.05, 0.1) is 18.9 Å². The number of rotatable bonds is 12. The molecule has 0 saturated heterocycles. The van der Waals surface area contributed by atoms with Crippen LogP contribution in [0.1, 0.15) is 46.7 Å². The second-order valence-electron chi connectivity index (χ2n) is 8.21. The van der Waals surface area contributed by atoms with Crippen LogP contribution in [0.15, 0.2) is 47.6 Å². The van der Waals surface area contributed by atoms with Gasteiger partial charge in [0.15, 0.2) is 11.0 Å². The molecule has 0 radical (unpaired) electrons. The summed E-state index contributed by atoms with van der Waals surface area (Å²) < 4.78 is 7.15. The zero-order valence-corrected chi connectivity index (χ0v) is 23.0. The predicted molar refractivity (Wildman–Crippen MR) is 147 cm³/mol. The minimum absolute atomic E-state index is 0.104. The number of hydrogen-bond acceptors (Lipinski definition) is 7. The maximum atomic E-state index is 13.0. The second-order valence-corrected chi connectivity index (χ2v) is 10.1. The fourth-order valence-corrected chi connectivity index (χ4v) is 4.93. The third-order valence-corrected chi connectivity index (χ3v) is 7.46. The van der Waals surface area contributed by atoms with Crippen molar-refractivity contribution >= 4 is 41.0 Å². The molecule has 2 amide bonds. The summed E-state index contributed by atoms with van der Waals surface area (Å²) in [6.07, 6.45) is 2.74. The Kier molecular flexibility index (Phi) is 10.2. The van der Waals surface area contributed by atoms with Crippen LogP contribution < -0.4 is 15.4 Å². The molecule has 1 heterocycles. The molecular weight excluding hydrogens is 494 g/mol. The molecule has 192 valence electrons. The van der Waals surface area contributed by atoms with Gasteiger partial charge in [0.1, 0.15) is 5.75 Å². The third-order valence-electron chi connectivity index (χ3n) is 5.85. The van der Waals surface area contributed by atoms with Gasteiger partial charge in [-0.2, -0.15) is 11.8 Å². The summed E-state index contributed by atoms with van der Waals surface area (Å²) in [5, 5.41) is 15.5. The van der Waals surface area contributed by atoms with E-state index >= 15 is 0 Å². The average Bonchev–Trinajstić information content (AvgIpc) is 3.30. The van der Waals surface area contributed by atoms with Gasteiger partial charge >= 0.3 is 0 Å². The Morgan fingerprint density at radius 3 is 2.53 bits per heavy atom. The van der Waals surface area contributed by atoms with Crippen molar-refractivity contribution in [2.45, 2.75) is 44.9 Å². The molecule has 0 aliphatic heterocycles. The Morgan fingerprint density at radius 2 is 1.86 bits per heavy atom. The van der Waals surface area contributed by atoms with Crippen molar-refractivity contribution in [2.75, 3.05) is 30.2 Å². The highest BCUT2D eigenvalue weighted by Crippen LogP contribution is 2.25. The quantitative estimate of drug-likeness (QED) is 0.324. The van der Waals surface area contributed by atoms with E-state index in [4.69, 9.17) is 4.74 Å². The first-order valence-corrected chi connectivity index (χ1v) is 14.1. The van der Waals surface area contributed by atoms with Gasteiger partial charge in [0.25, 0.3) is 5.91 Å². The number of benzene rings is 2. The number of amides is 2. The van der Waals surface area contributed by atoms with Gasteiger partial charge < -0.3 is 19.9 Å². The van der Waals surface area contributed by atoms with Crippen LogP contribution in [0.4, 0.5) is 5.69 Å². The smallest absolute Gasteiger partial charge is 0.251 e. The van der Waals surface area contributed by atoms with E-state index in [0.29, 0.717) is 35.3 Å². The van der Waals surface area contributed by atoms with Gasteiger partial charge in [-0.15, -0.1) is 10.2 Å². The van der Waals surface area contributed by atoms with Gasteiger partial charge in [-0.25, -0.2) is 0 Å². The standard InChI is InChI=1S/C26H33N5O3S2/c1-6-31-24(22(14-15-35-5)28-25(33)19-10-12-20(34-4)13-11-19)29-30-26(31)36-16-23(32)27-21-9-7-8-17(2)18(21)3/h7-13,22H,6,14-16H2,1-5H3,(H,27,32)(H,28,33)/t22-/m0/s1. The van der Waals surface area contributed by atoms with E-state index in [1.807, 2.05) is 49.8 Å². The van der Waals surface area contributed by atoms with Crippen LogP contribution >= 0.6 is 23.5 Å². The van der Waals surface area contributed by atoms with E-state index in [9.17, 15) is 9.59 Å². The Hall–Kier alpha value is -2.98. The van der Waals surface area contributed by atoms with Crippen LogP contribution in [0.25, 0.3) is 0 Å². The predicted octanol–water partition coefficient (Wildman–Crippen LogP) is 4.88. The number of aryl methyl sites for hydroxylation is 1. The fourth-order valence-electron chi connectivity index (χ4n) is 3.65. The number of hydrogen-bond donors (Lipinski definition) is 2. The lowest BCUT2D eigenvalue weighted by molar-refractivity contribution is -0.113. The number of nitrogens with zero attached hydrogens (tertiary/aromatic N) is 3. The molecule has 8 nitrogen and oxygen atoms in total. The van der Waals surface area contributed by atoms with Gasteiger partial charge in [-0.05, 0) is 80.7 Å². The van der Waals surface area contributed by atoms with Gasteiger partial charge in [0.2, 0.25) is 5.91 Å². The summed E-state index contributed by atoms with van der Waals surface area (Å²) in [5.41, 5.74) is 3.55. The summed E-state index contributed by atoms with van der Waals surface area (Å²) in [6.45, 7) is 6.64. The van der Waals surface area contributed by atoms with E-state index in [-0.39, 0.29) is 23.6 Å². The molecule has 0 spiro atoms. The molecular formula is C26H33N5O3S2. The molecule has 0 aliphatic carbocycles. The van der Waals surface area contributed by atoms with Gasteiger partial charge in [-0.1, -0.05) is 23.9 Å². The van der Waals surface area contributed by atoms with Crippen LogP contribution in [0.2, 0.25) is 0 Å². The first-order valence-electron chi connectivity index (χ1n) is 11.7. The zero-order chi connectivity index (χ0) is 26.1. The number of anilines is 1. The number of aromatic nitrogens is 3. The topological polar surface area (TPSA) is 98.1 Å². The second kappa shape index (κ2) is 13.4. The highest BCUT2D eigenvalue weighted by molar-refractivity contribution is 7.99. The van der Waals surface area contributed by atoms with Gasteiger partial charge in [0, 0.05) is 17.8 Å². The lowest BCUT2D eigenvalue weighted by atomic mass is 10.1. The molecule has 0 bridgehead atoms. The zero-order valence-electron chi connectivity index (χ0n) is 21.3. The molecule has 0 fully saturated rings. The number of ether oxygens (including phenoxy) is 1. The molecule has 2 aromatic carbocycles. The van der Waals surface area contributed by atoms with E-state index in [2.05, 4.69) is 20.8 Å².